The van der Waals surface area contributed by atoms with Crippen LogP contribution in [0.15, 0.2) is 48.0 Å². The van der Waals surface area contributed by atoms with Gasteiger partial charge in [-0.2, -0.15) is 5.26 Å². The summed E-state index contributed by atoms with van der Waals surface area (Å²) in [5, 5.41) is 21.3. The maximum absolute atomic E-state index is 13.8. The van der Waals surface area contributed by atoms with E-state index in [0.717, 1.165) is 4.88 Å². The van der Waals surface area contributed by atoms with Crippen molar-refractivity contribution >= 4 is 17.2 Å². The van der Waals surface area contributed by atoms with Crippen molar-refractivity contribution in [3.8, 4) is 6.07 Å². The van der Waals surface area contributed by atoms with Crippen LogP contribution in [0.2, 0.25) is 0 Å². The van der Waals surface area contributed by atoms with Crippen molar-refractivity contribution in [1.82, 2.24) is 20.3 Å². The van der Waals surface area contributed by atoms with Crippen LogP contribution in [-0.4, -0.2) is 20.9 Å². The Morgan fingerprint density at radius 2 is 2.21 bits per heavy atom. The molecule has 0 bridgehead atoms. The second kappa shape index (κ2) is 7.02. The number of thiophene rings is 1. The number of nitrogens with zero attached hydrogens (tertiary/aromatic N) is 4. The first-order valence-corrected chi connectivity index (χ1v) is 7.93. The molecular weight excluding hydrogens is 329 g/mol. The lowest BCUT2D eigenvalue weighted by Gasteiger charge is -2.11. The topological polar surface area (TPSA) is 83.6 Å². The molecule has 6 nitrogen and oxygen atoms in total. The monoisotopic (exact) mass is 341 g/mol. The van der Waals surface area contributed by atoms with Gasteiger partial charge in [-0.25, -0.2) is 9.07 Å². The van der Waals surface area contributed by atoms with Crippen LogP contribution in [0, 0.1) is 17.1 Å². The maximum atomic E-state index is 13.8. The number of rotatable bonds is 5. The van der Waals surface area contributed by atoms with Gasteiger partial charge in [-0.05, 0) is 17.5 Å². The summed E-state index contributed by atoms with van der Waals surface area (Å²) < 4.78 is 15.3. The molecule has 0 aliphatic heterocycles. The first kappa shape index (κ1) is 15.8. The molecule has 120 valence electrons. The lowest BCUT2D eigenvalue weighted by atomic mass is 10.1. The molecule has 0 saturated heterocycles. The van der Waals surface area contributed by atoms with Gasteiger partial charge in [0.1, 0.15) is 11.9 Å². The summed E-state index contributed by atoms with van der Waals surface area (Å²) >= 11 is 1.57. The van der Waals surface area contributed by atoms with Gasteiger partial charge in [0, 0.05) is 10.4 Å². The fourth-order valence-corrected chi connectivity index (χ4v) is 2.83. The van der Waals surface area contributed by atoms with Crippen molar-refractivity contribution in [1.29, 1.82) is 5.26 Å². The number of nitriles is 1. The molecule has 1 N–H and O–H groups in total. The third kappa shape index (κ3) is 3.47. The molecule has 2 heterocycles. The third-order valence-electron chi connectivity index (χ3n) is 3.29. The van der Waals surface area contributed by atoms with Gasteiger partial charge in [0.25, 0.3) is 5.91 Å². The Morgan fingerprint density at radius 1 is 1.38 bits per heavy atom. The van der Waals surface area contributed by atoms with Gasteiger partial charge in [-0.15, -0.1) is 16.4 Å². The summed E-state index contributed by atoms with van der Waals surface area (Å²) in [6, 6.07) is 10.5. The number of hydrogen-bond acceptors (Lipinski definition) is 5. The third-order valence-corrected chi connectivity index (χ3v) is 4.15. The van der Waals surface area contributed by atoms with Crippen LogP contribution < -0.4 is 5.32 Å². The van der Waals surface area contributed by atoms with Crippen molar-refractivity contribution in [3.05, 3.63) is 69.9 Å². The van der Waals surface area contributed by atoms with Crippen LogP contribution in [0.5, 0.6) is 0 Å². The highest BCUT2D eigenvalue weighted by Crippen LogP contribution is 2.16. The predicted molar refractivity (Wildman–Crippen MR) is 85.7 cm³/mol. The van der Waals surface area contributed by atoms with E-state index in [2.05, 4.69) is 15.6 Å². The highest BCUT2D eigenvalue weighted by atomic mass is 32.1. The summed E-state index contributed by atoms with van der Waals surface area (Å²) in [7, 11) is 0. The van der Waals surface area contributed by atoms with Gasteiger partial charge in [-0.3, -0.25) is 4.79 Å². The standard InChI is InChI=1S/C16H12FN5OS/c17-13-6-2-1-5-12(13)14(8-18)19-16(23)15-10-22(21-20-15)9-11-4-3-7-24-11/h1-7,10,14H,9H2,(H,19,23). The van der Waals surface area contributed by atoms with Crippen molar-refractivity contribution in [2.45, 2.75) is 12.6 Å². The fraction of sp³-hybridized carbons (Fsp3) is 0.125. The van der Waals surface area contributed by atoms with E-state index in [0.29, 0.717) is 6.54 Å². The molecule has 2 aromatic heterocycles. The second-order valence-electron chi connectivity index (χ2n) is 4.94. The van der Waals surface area contributed by atoms with E-state index >= 15 is 0 Å². The van der Waals surface area contributed by atoms with Crippen LogP contribution in [0.4, 0.5) is 4.39 Å². The van der Waals surface area contributed by atoms with Gasteiger partial charge in [0.2, 0.25) is 0 Å². The van der Waals surface area contributed by atoms with Crippen molar-refractivity contribution in [3.63, 3.8) is 0 Å². The van der Waals surface area contributed by atoms with Crippen molar-refractivity contribution in [2.75, 3.05) is 0 Å². The molecule has 0 aliphatic carbocycles. The first-order chi connectivity index (χ1) is 11.7. The van der Waals surface area contributed by atoms with E-state index in [9.17, 15) is 14.4 Å². The first-order valence-electron chi connectivity index (χ1n) is 7.05. The van der Waals surface area contributed by atoms with E-state index in [4.69, 9.17) is 0 Å². The predicted octanol–water partition coefficient (Wildman–Crippen LogP) is 2.52. The highest BCUT2D eigenvalue weighted by Gasteiger charge is 2.20. The lowest BCUT2D eigenvalue weighted by Crippen LogP contribution is -2.28. The van der Waals surface area contributed by atoms with E-state index in [-0.39, 0.29) is 11.3 Å². The van der Waals surface area contributed by atoms with E-state index in [1.807, 2.05) is 23.6 Å². The molecule has 3 aromatic rings. The Labute approximate surface area is 141 Å². The van der Waals surface area contributed by atoms with Crippen molar-refractivity contribution in [2.24, 2.45) is 0 Å². The Bertz CT molecular complexity index is 884. The molecular formula is C16H12FN5OS. The molecule has 1 aromatic carbocycles. The summed E-state index contributed by atoms with van der Waals surface area (Å²) in [5.74, 6) is -1.13. The molecule has 0 fully saturated rings. The van der Waals surface area contributed by atoms with Gasteiger partial charge in [0.15, 0.2) is 5.69 Å². The van der Waals surface area contributed by atoms with Gasteiger partial charge in [0.05, 0.1) is 18.8 Å². The SMILES string of the molecule is N#CC(NC(=O)c1cn(Cc2cccs2)nn1)c1ccccc1F. The van der Waals surface area contributed by atoms with Crippen LogP contribution in [0.3, 0.4) is 0 Å². The summed E-state index contributed by atoms with van der Waals surface area (Å²) in [5.41, 5.74) is 0.183. The number of aromatic nitrogens is 3. The van der Waals surface area contributed by atoms with E-state index < -0.39 is 17.8 Å². The minimum absolute atomic E-state index is 0.0724. The summed E-state index contributed by atoms with van der Waals surface area (Å²) in [6.07, 6.45) is 1.49. The molecule has 1 atom stereocenters. The number of carbonyl (C=O) groups excluding carboxylic acids is 1. The Hall–Kier alpha value is -3.05. The van der Waals surface area contributed by atoms with E-state index in [1.165, 1.54) is 29.1 Å². The van der Waals surface area contributed by atoms with Gasteiger partial charge < -0.3 is 5.32 Å². The minimum atomic E-state index is -1.10. The molecule has 8 heteroatoms. The zero-order chi connectivity index (χ0) is 16.9. The Kier molecular flexibility index (Phi) is 4.63. The minimum Gasteiger partial charge on any atom is -0.331 e. The average molecular weight is 341 g/mol. The molecule has 0 radical (unpaired) electrons. The number of benzene rings is 1. The quantitative estimate of drug-likeness (QED) is 0.773. The number of halogens is 1. The lowest BCUT2D eigenvalue weighted by molar-refractivity contribution is 0.0939. The van der Waals surface area contributed by atoms with Crippen molar-refractivity contribution < 1.29 is 9.18 Å². The molecule has 0 saturated carbocycles. The Morgan fingerprint density at radius 3 is 2.92 bits per heavy atom. The van der Waals surface area contributed by atoms with Crippen LogP contribution >= 0.6 is 11.3 Å². The largest absolute Gasteiger partial charge is 0.331 e. The zero-order valence-corrected chi connectivity index (χ0v) is 13.2. The number of hydrogen-bond donors (Lipinski definition) is 1. The Balaban J connectivity index is 1.71. The molecule has 1 unspecified atom stereocenters. The number of nitrogens with one attached hydrogen (secondary N) is 1. The van der Waals surface area contributed by atoms with Crippen LogP contribution in [0.1, 0.15) is 27.0 Å². The summed E-state index contributed by atoms with van der Waals surface area (Å²) in [4.78, 5) is 13.3. The van der Waals surface area contributed by atoms with Crippen LogP contribution in [0.25, 0.3) is 0 Å². The van der Waals surface area contributed by atoms with Gasteiger partial charge in [-0.1, -0.05) is 29.5 Å². The van der Waals surface area contributed by atoms with E-state index in [1.54, 1.807) is 17.4 Å². The average Bonchev–Trinajstić information content (AvgIpc) is 3.26. The summed E-state index contributed by atoms with van der Waals surface area (Å²) in [6.45, 7) is 0.507. The molecule has 3 rings (SSSR count). The second-order valence-corrected chi connectivity index (χ2v) is 5.97. The molecule has 24 heavy (non-hydrogen) atoms. The smallest absolute Gasteiger partial charge is 0.274 e. The van der Waals surface area contributed by atoms with Crippen LogP contribution in [-0.2, 0) is 6.54 Å². The highest BCUT2D eigenvalue weighted by molar-refractivity contribution is 7.09. The van der Waals surface area contributed by atoms with Gasteiger partial charge >= 0.3 is 0 Å². The fourth-order valence-electron chi connectivity index (χ4n) is 2.14. The maximum Gasteiger partial charge on any atom is 0.274 e. The molecule has 0 spiro atoms. The molecule has 0 aliphatic rings. The zero-order valence-electron chi connectivity index (χ0n) is 12.4. The molecule has 1 amide bonds. The number of amides is 1. The number of carbonyl (C=O) groups is 1. The normalized spacial score (nSPS) is 11.7.